The highest BCUT2D eigenvalue weighted by molar-refractivity contribution is 5.26. The lowest BCUT2D eigenvalue weighted by molar-refractivity contribution is 0.0227. The molecule has 2 N–H and O–H groups in total. The third kappa shape index (κ3) is 3.32. The number of ether oxygens (including phenoxy) is 2. The van der Waals surface area contributed by atoms with Gasteiger partial charge in [-0.2, -0.15) is 0 Å². The number of aliphatic hydroxyl groups is 2. The van der Waals surface area contributed by atoms with Gasteiger partial charge < -0.3 is 19.7 Å². The van der Waals surface area contributed by atoms with Crippen LogP contribution >= 0.6 is 0 Å². The van der Waals surface area contributed by atoms with Gasteiger partial charge in [-0.1, -0.05) is 24.3 Å². The van der Waals surface area contributed by atoms with E-state index in [1.807, 2.05) is 0 Å². The Bertz CT molecular complexity index is 425. The SMILES string of the molecule is OCCN1CCOC1c1ccc(C2OCCN2CCO)cc1. The first-order chi connectivity index (χ1) is 10.8. The molecule has 3 rings (SSSR count). The number of hydrogen-bond donors (Lipinski definition) is 2. The topological polar surface area (TPSA) is 65.4 Å². The summed E-state index contributed by atoms with van der Waals surface area (Å²) in [6.07, 6.45) is -0.140. The average molecular weight is 308 g/mol. The van der Waals surface area contributed by atoms with Crippen LogP contribution < -0.4 is 0 Å². The highest BCUT2D eigenvalue weighted by Crippen LogP contribution is 2.30. The van der Waals surface area contributed by atoms with Crippen LogP contribution in [0.4, 0.5) is 0 Å². The third-order valence-electron chi connectivity index (χ3n) is 4.25. The summed E-state index contributed by atoms with van der Waals surface area (Å²) in [7, 11) is 0. The number of rotatable bonds is 6. The summed E-state index contributed by atoms with van der Waals surface area (Å²) in [6.45, 7) is 4.63. The van der Waals surface area contributed by atoms with Crippen LogP contribution in [0, 0.1) is 0 Å². The first kappa shape index (κ1) is 15.9. The molecule has 0 saturated carbocycles. The lowest BCUT2D eigenvalue weighted by Crippen LogP contribution is -2.28. The molecule has 0 aliphatic carbocycles. The molecule has 6 nitrogen and oxygen atoms in total. The van der Waals surface area contributed by atoms with E-state index in [0.29, 0.717) is 26.3 Å². The average Bonchev–Trinajstić information content (AvgIpc) is 3.18. The summed E-state index contributed by atoms with van der Waals surface area (Å²) in [5.74, 6) is 0. The maximum atomic E-state index is 9.12. The predicted molar refractivity (Wildman–Crippen MR) is 81.1 cm³/mol. The van der Waals surface area contributed by atoms with E-state index >= 15 is 0 Å². The van der Waals surface area contributed by atoms with Gasteiger partial charge in [0.1, 0.15) is 12.5 Å². The molecule has 22 heavy (non-hydrogen) atoms. The molecule has 0 amide bonds. The third-order valence-corrected chi connectivity index (χ3v) is 4.25. The minimum Gasteiger partial charge on any atom is -0.395 e. The van der Waals surface area contributed by atoms with Crippen molar-refractivity contribution >= 4 is 0 Å². The van der Waals surface area contributed by atoms with E-state index in [9.17, 15) is 0 Å². The van der Waals surface area contributed by atoms with Crippen molar-refractivity contribution in [3.05, 3.63) is 35.4 Å². The standard InChI is InChI=1S/C16H24N2O4/c19-9-5-17-7-11-21-15(17)13-1-2-14(4-3-13)16-18(6-10-20)8-12-22-16/h1-4,15-16,19-20H,5-12H2. The Morgan fingerprint density at radius 2 is 1.23 bits per heavy atom. The van der Waals surface area contributed by atoms with Gasteiger partial charge in [-0.15, -0.1) is 0 Å². The molecular weight excluding hydrogens is 284 g/mol. The zero-order valence-electron chi connectivity index (χ0n) is 12.7. The summed E-state index contributed by atoms with van der Waals surface area (Å²) >= 11 is 0. The van der Waals surface area contributed by atoms with Gasteiger partial charge in [-0.05, 0) is 11.1 Å². The van der Waals surface area contributed by atoms with E-state index in [0.717, 1.165) is 24.2 Å². The molecule has 0 radical (unpaired) electrons. The Balaban J connectivity index is 1.70. The molecule has 6 heteroatoms. The Kier molecular flexibility index (Phi) is 5.41. The van der Waals surface area contributed by atoms with Gasteiger partial charge in [0, 0.05) is 26.2 Å². The molecule has 2 fully saturated rings. The van der Waals surface area contributed by atoms with Gasteiger partial charge in [0.15, 0.2) is 0 Å². The molecule has 2 saturated heterocycles. The summed E-state index contributed by atoms with van der Waals surface area (Å²) in [5, 5.41) is 18.2. The summed E-state index contributed by atoms with van der Waals surface area (Å²) in [5.41, 5.74) is 2.20. The molecule has 0 bridgehead atoms. The minimum atomic E-state index is -0.0701. The first-order valence-corrected chi connectivity index (χ1v) is 7.86. The Hall–Kier alpha value is -1.02. The molecular formula is C16H24N2O4. The highest BCUT2D eigenvalue weighted by atomic mass is 16.5. The lowest BCUT2D eigenvalue weighted by atomic mass is 10.1. The summed E-state index contributed by atoms with van der Waals surface area (Å²) in [4.78, 5) is 4.28. The molecule has 122 valence electrons. The Morgan fingerprint density at radius 3 is 1.59 bits per heavy atom. The lowest BCUT2D eigenvalue weighted by Gasteiger charge is -2.24. The van der Waals surface area contributed by atoms with E-state index in [-0.39, 0.29) is 25.7 Å². The highest BCUT2D eigenvalue weighted by Gasteiger charge is 2.28. The van der Waals surface area contributed by atoms with Crippen molar-refractivity contribution in [3.63, 3.8) is 0 Å². The quantitative estimate of drug-likeness (QED) is 0.790. The first-order valence-electron chi connectivity index (χ1n) is 7.86. The monoisotopic (exact) mass is 308 g/mol. The van der Waals surface area contributed by atoms with Gasteiger partial charge in [-0.25, -0.2) is 0 Å². The fourth-order valence-corrected chi connectivity index (χ4v) is 3.16. The van der Waals surface area contributed by atoms with Crippen LogP contribution in [0.5, 0.6) is 0 Å². The normalized spacial score (nSPS) is 26.8. The fraction of sp³-hybridized carbons (Fsp3) is 0.625. The number of benzene rings is 1. The van der Waals surface area contributed by atoms with Crippen LogP contribution in [-0.4, -0.2) is 72.6 Å². The largest absolute Gasteiger partial charge is 0.395 e. The zero-order chi connectivity index (χ0) is 15.4. The maximum absolute atomic E-state index is 9.12. The number of nitrogens with zero attached hydrogens (tertiary/aromatic N) is 2. The van der Waals surface area contributed by atoms with Gasteiger partial charge in [0.05, 0.1) is 26.4 Å². The number of aliphatic hydroxyl groups excluding tert-OH is 2. The molecule has 1 aromatic carbocycles. The van der Waals surface area contributed by atoms with E-state index in [4.69, 9.17) is 19.7 Å². The van der Waals surface area contributed by atoms with Crippen LogP contribution in [0.25, 0.3) is 0 Å². The molecule has 2 unspecified atom stereocenters. The molecule has 1 aromatic rings. The second-order valence-electron chi connectivity index (χ2n) is 5.63. The minimum absolute atomic E-state index is 0.0701. The molecule has 2 heterocycles. The Labute approximate surface area is 130 Å². The second-order valence-corrected chi connectivity index (χ2v) is 5.63. The molecule has 2 aliphatic rings. The fourth-order valence-electron chi connectivity index (χ4n) is 3.16. The van der Waals surface area contributed by atoms with Crippen molar-refractivity contribution in [2.75, 3.05) is 52.6 Å². The van der Waals surface area contributed by atoms with E-state index in [2.05, 4.69) is 34.1 Å². The second kappa shape index (κ2) is 7.50. The van der Waals surface area contributed by atoms with Crippen molar-refractivity contribution in [3.8, 4) is 0 Å². The zero-order valence-corrected chi connectivity index (χ0v) is 12.7. The van der Waals surface area contributed by atoms with Crippen molar-refractivity contribution in [1.82, 2.24) is 9.80 Å². The smallest absolute Gasteiger partial charge is 0.136 e. The maximum Gasteiger partial charge on any atom is 0.136 e. The van der Waals surface area contributed by atoms with Crippen LogP contribution in [-0.2, 0) is 9.47 Å². The summed E-state index contributed by atoms with van der Waals surface area (Å²) in [6, 6.07) is 8.26. The van der Waals surface area contributed by atoms with Crippen molar-refractivity contribution in [1.29, 1.82) is 0 Å². The van der Waals surface area contributed by atoms with Crippen LogP contribution in [0.1, 0.15) is 23.6 Å². The van der Waals surface area contributed by atoms with E-state index < -0.39 is 0 Å². The molecule has 2 atom stereocenters. The van der Waals surface area contributed by atoms with Gasteiger partial charge in [-0.3, -0.25) is 9.80 Å². The number of β-amino-alcohol motifs (C(OH)–C–C–N with tert-alkyl or cyclic N) is 2. The van der Waals surface area contributed by atoms with Gasteiger partial charge >= 0.3 is 0 Å². The molecule has 0 aromatic heterocycles. The number of hydrogen-bond acceptors (Lipinski definition) is 6. The van der Waals surface area contributed by atoms with Crippen LogP contribution in [0.3, 0.4) is 0 Å². The van der Waals surface area contributed by atoms with Crippen molar-refractivity contribution in [2.45, 2.75) is 12.5 Å². The molecule has 2 aliphatic heterocycles. The van der Waals surface area contributed by atoms with Gasteiger partial charge in [0.2, 0.25) is 0 Å². The summed E-state index contributed by atoms with van der Waals surface area (Å²) < 4.78 is 11.5. The van der Waals surface area contributed by atoms with Gasteiger partial charge in [0.25, 0.3) is 0 Å². The van der Waals surface area contributed by atoms with Crippen LogP contribution in [0.2, 0.25) is 0 Å². The molecule has 0 spiro atoms. The van der Waals surface area contributed by atoms with E-state index in [1.165, 1.54) is 0 Å². The van der Waals surface area contributed by atoms with Crippen LogP contribution in [0.15, 0.2) is 24.3 Å². The van der Waals surface area contributed by atoms with Crippen molar-refractivity contribution < 1.29 is 19.7 Å². The van der Waals surface area contributed by atoms with E-state index in [1.54, 1.807) is 0 Å². The predicted octanol–water partition coefficient (Wildman–Crippen LogP) is 0.333. The Morgan fingerprint density at radius 1 is 0.818 bits per heavy atom. The van der Waals surface area contributed by atoms with Crippen molar-refractivity contribution in [2.24, 2.45) is 0 Å².